The molecule has 0 fully saturated rings. The van der Waals surface area contributed by atoms with Crippen LogP contribution in [-0.2, 0) is 0 Å². The van der Waals surface area contributed by atoms with Crippen LogP contribution in [0.2, 0.25) is 0 Å². The standard InChI is InChI=1S/C6H8N4OS/c11-4-9-3-5-7-2-1-6(12)10(5)8-9/h1-3,8,11-12H,4H2. The van der Waals surface area contributed by atoms with E-state index in [2.05, 4.69) is 23.2 Å². The van der Waals surface area contributed by atoms with Crippen molar-refractivity contribution in [1.29, 1.82) is 0 Å². The summed E-state index contributed by atoms with van der Waals surface area (Å²) in [6.07, 6.45) is 5.11. The monoisotopic (exact) mass is 184 g/mol. The van der Waals surface area contributed by atoms with E-state index in [0.29, 0.717) is 0 Å². The van der Waals surface area contributed by atoms with Gasteiger partial charge in [0, 0.05) is 6.21 Å². The van der Waals surface area contributed by atoms with Crippen molar-refractivity contribution in [2.24, 2.45) is 4.99 Å². The van der Waals surface area contributed by atoms with Crippen molar-refractivity contribution in [3.8, 4) is 0 Å². The molecule has 0 bridgehead atoms. The maximum Gasteiger partial charge on any atom is 0.167 e. The summed E-state index contributed by atoms with van der Waals surface area (Å²) in [6, 6.07) is 0. The van der Waals surface area contributed by atoms with Crippen LogP contribution in [0.25, 0.3) is 0 Å². The molecule has 2 N–H and O–H groups in total. The number of allylic oxidation sites excluding steroid dienone is 1. The molecular formula is C6H8N4OS. The summed E-state index contributed by atoms with van der Waals surface area (Å²) < 4.78 is 0. The number of hydrogen-bond acceptors (Lipinski definition) is 6. The number of fused-ring (bicyclic) bond motifs is 1. The van der Waals surface area contributed by atoms with Gasteiger partial charge in [-0.25, -0.2) is 10.0 Å². The highest BCUT2D eigenvalue weighted by Crippen LogP contribution is 2.22. The molecule has 0 amide bonds. The van der Waals surface area contributed by atoms with E-state index in [9.17, 15) is 0 Å². The van der Waals surface area contributed by atoms with Crippen LogP contribution in [-0.4, -0.2) is 28.1 Å². The fourth-order valence-electron chi connectivity index (χ4n) is 0.993. The summed E-state index contributed by atoms with van der Waals surface area (Å²) in [5, 5.41) is 12.7. The van der Waals surface area contributed by atoms with Gasteiger partial charge in [0.2, 0.25) is 0 Å². The summed E-state index contributed by atoms with van der Waals surface area (Å²) in [5.41, 5.74) is 2.86. The van der Waals surface area contributed by atoms with Gasteiger partial charge >= 0.3 is 0 Å². The van der Waals surface area contributed by atoms with Gasteiger partial charge in [0.15, 0.2) is 5.82 Å². The first-order valence-electron chi connectivity index (χ1n) is 3.40. The zero-order chi connectivity index (χ0) is 8.55. The van der Waals surface area contributed by atoms with Crippen molar-refractivity contribution in [2.45, 2.75) is 0 Å². The molecule has 0 aliphatic carbocycles. The van der Waals surface area contributed by atoms with Gasteiger partial charge in [-0.15, -0.1) is 18.2 Å². The summed E-state index contributed by atoms with van der Waals surface area (Å²) in [5.74, 6) is 0.719. The van der Waals surface area contributed by atoms with Crippen LogP contribution in [0, 0.1) is 0 Å². The maximum absolute atomic E-state index is 8.80. The van der Waals surface area contributed by atoms with Crippen LogP contribution in [0.15, 0.2) is 28.1 Å². The van der Waals surface area contributed by atoms with E-state index in [1.54, 1.807) is 23.5 Å². The van der Waals surface area contributed by atoms with Crippen LogP contribution in [0.3, 0.4) is 0 Å². The Morgan fingerprint density at radius 2 is 2.50 bits per heavy atom. The summed E-state index contributed by atoms with van der Waals surface area (Å²) in [6.45, 7) is -0.101. The number of aliphatic imine (C=N–C) groups is 1. The SMILES string of the molecule is OCN1C=C2N=CC=C(S)N2N1. The van der Waals surface area contributed by atoms with Crippen LogP contribution in [0.1, 0.15) is 0 Å². The number of thiol groups is 1. The molecule has 0 unspecified atom stereocenters. The molecule has 2 aliphatic heterocycles. The van der Waals surface area contributed by atoms with E-state index in [0.717, 1.165) is 10.9 Å². The topological polar surface area (TPSA) is 51.1 Å². The fraction of sp³-hybridized carbons (Fsp3) is 0.167. The van der Waals surface area contributed by atoms with Crippen LogP contribution in [0.4, 0.5) is 0 Å². The second-order valence-electron chi connectivity index (χ2n) is 2.34. The van der Waals surface area contributed by atoms with Gasteiger partial charge in [0.1, 0.15) is 6.73 Å². The molecule has 0 radical (unpaired) electrons. The Morgan fingerprint density at radius 1 is 1.67 bits per heavy atom. The first-order valence-corrected chi connectivity index (χ1v) is 3.85. The van der Waals surface area contributed by atoms with Crippen molar-refractivity contribution in [2.75, 3.05) is 6.73 Å². The van der Waals surface area contributed by atoms with Gasteiger partial charge in [-0.1, -0.05) is 0 Å². The molecule has 0 aromatic heterocycles. The number of hydrazine groups is 2. The van der Waals surface area contributed by atoms with E-state index in [1.807, 2.05) is 0 Å². The highest BCUT2D eigenvalue weighted by Gasteiger charge is 2.22. The van der Waals surface area contributed by atoms with Crippen LogP contribution >= 0.6 is 12.6 Å². The largest absolute Gasteiger partial charge is 0.375 e. The highest BCUT2D eigenvalue weighted by molar-refractivity contribution is 7.84. The quantitative estimate of drug-likeness (QED) is 0.487. The summed E-state index contributed by atoms with van der Waals surface area (Å²) in [4.78, 5) is 4.06. The third-order valence-corrected chi connectivity index (χ3v) is 1.89. The lowest BCUT2D eigenvalue weighted by Gasteiger charge is -2.22. The number of aliphatic hydroxyl groups is 1. The maximum atomic E-state index is 8.80. The zero-order valence-corrected chi connectivity index (χ0v) is 7.07. The molecule has 2 aliphatic rings. The first-order chi connectivity index (χ1) is 5.81. The average molecular weight is 184 g/mol. The van der Waals surface area contributed by atoms with Gasteiger partial charge < -0.3 is 5.11 Å². The second kappa shape index (κ2) is 2.81. The van der Waals surface area contributed by atoms with Crippen molar-refractivity contribution in [3.63, 3.8) is 0 Å². The van der Waals surface area contributed by atoms with Crippen molar-refractivity contribution < 1.29 is 5.11 Å². The van der Waals surface area contributed by atoms with Gasteiger partial charge in [0.25, 0.3) is 0 Å². The minimum Gasteiger partial charge on any atom is -0.375 e. The number of aliphatic hydroxyl groups excluding tert-OH is 1. The predicted molar refractivity (Wildman–Crippen MR) is 47.5 cm³/mol. The van der Waals surface area contributed by atoms with E-state index >= 15 is 0 Å². The van der Waals surface area contributed by atoms with E-state index in [4.69, 9.17) is 5.11 Å². The smallest absolute Gasteiger partial charge is 0.167 e. The van der Waals surface area contributed by atoms with Gasteiger partial charge in [-0.05, 0) is 6.08 Å². The molecule has 0 aromatic rings. The predicted octanol–water partition coefficient (Wildman–Crippen LogP) is -0.372. The van der Waals surface area contributed by atoms with E-state index in [-0.39, 0.29) is 6.73 Å². The molecule has 0 atom stereocenters. The molecular weight excluding hydrogens is 176 g/mol. The van der Waals surface area contributed by atoms with E-state index in [1.165, 1.54) is 5.01 Å². The normalized spacial score (nSPS) is 20.8. The summed E-state index contributed by atoms with van der Waals surface area (Å²) >= 11 is 4.20. The molecule has 0 saturated heterocycles. The lowest BCUT2D eigenvalue weighted by molar-refractivity contribution is 0.0681. The molecule has 12 heavy (non-hydrogen) atoms. The molecule has 0 saturated carbocycles. The Labute approximate surface area is 75.0 Å². The van der Waals surface area contributed by atoms with Crippen LogP contribution in [0.5, 0.6) is 0 Å². The minimum atomic E-state index is -0.101. The number of nitrogens with zero attached hydrogens (tertiary/aromatic N) is 3. The van der Waals surface area contributed by atoms with Gasteiger partial charge in [-0.3, -0.25) is 5.01 Å². The average Bonchev–Trinajstić information content (AvgIpc) is 2.49. The van der Waals surface area contributed by atoms with Crippen LogP contribution < -0.4 is 5.53 Å². The van der Waals surface area contributed by atoms with E-state index < -0.39 is 0 Å². The first kappa shape index (κ1) is 7.66. The lowest BCUT2D eigenvalue weighted by Crippen LogP contribution is -2.39. The molecule has 0 spiro atoms. The molecule has 0 aromatic carbocycles. The minimum absolute atomic E-state index is 0.101. The molecule has 2 heterocycles. The third-order valence-electron chi connectivity index (χ3n) is 1.54. The summed E-state index contributed by atoms with van der Waals surface area (Å²) in [7, 11) is 0. The Morgan fingerprint density at radius 3 is 3.17 bits per heavy atom. The Kier molecular flexibility index (Phi) is 1.80. The number of nitrogens with one attached hydrogen (secondary N) is 1. The van der Waals surface area contributed by atoms with Crippen molar-refractivity contribution in [3.05, 3.63) is 23.1 Å². The second-order valence-corrected chi connectivity index (χ2v) is 2.80. The molecule has 5 nitrogen and oxygen atoms in total. The highest BCUT2D eigenvalue weighted by atomic mass is 32.1. The van der Waals surface area contributed by atoms with Gasteiger partial charge in [0.05, 0.1) is 11.2 Å². The molecule has 64 valence electrons. The van der Waals surface area contributed by atoms with Gasteiger partial charge in [-0.2, -0.15) is 0 Å². The number of hydrogen-bond donors (Lipinski definition) is 3. The zero-order valence-electron chi connectivity index (χ0n) is 6.18. The lowest BCUT2D eigenvalue weighted by atomic mass is 10.5. The molecule has 2 rings (SSSR count). The fourth-order valence-corrected chi connectivity index (χ4v) is 1.21. The van der Waals surface area contributed by atoms with Crippen molar-refractivity contribution in [1.82, 2.24) is 15.6 Å². The molecule has 6 heteroatoms. The third kappa shape index (κ3) is 1.09. The Bertz CT molecular complexity index is 285. The van der Waals surface area contributed by atoms with Crippen molar-refractivity contribution >= 4 is 18.8 Å². The Hall–Kier alpha value is -0.980. The number of rotatable bonds is 1. The Balaban J connectivity index is 2.24.